The molecule has 140 valence electrons. The number of aromatic nitrogens is 1. The highest BCUT2D eigenvalue weighted by atomic mass is 16.3. The van der Waals surface area contributed by atoms with Crippen LogP contribution in [-0.4, -0.2) is 41.7 Å². The second kappa shape index (κ2) is 6.83. The van der Waals surface area contributed by atoms with Crippen molar-refractivity contribution in [1.29, 1.82) is 0 Å². The minimum Gasteiger partial charge on any atom is -0.444 e. The number of oxazole rings is 1. The molecule has 3 aliphatic heterocycles. The summed E-state index contributed by atoms with van der Waals surface area (Å²) in [5, 5.41) is 8.62. The van der Waals surface area contributed by atoms with E-state index >= 15 is 0 Å². The van der Waals surface area contributed by atoms with Crippen LogP contribution in [-0.2, 0) is 4.79 Å². The fourth-order valence-electron chi connectivity index (χ4n) is 4.26. The van der Waals surface area contributed by atoms with Gasteiger partial charge in [-0.3, -0.25) is 9.80 Å². The zero-order chi connectivity index (χ0) is 18.2. The number of hydrazine groups is 1. The molecule has 2 aromatic rings. The van der Waals surface area contributed by atoms with Crippen molar-refractivity contribution in [3.05, 3.63) is 54.1 Å². The van der Waals surface area contributed by atoms with Crippen LogP contribution in [0.5, 0.6) is 0 Å². The lowest BCUT2D eigenvalue weighted by Crippen LogP contribution is -2.53. The molecule has 7 nitrogen and oxygen atoms in total. The van der Waals surface area contributed by atoms with E-state index in [0.29, 0.717) is 18.4 Å². The molecule has 2 saturated heterocycles. The van der Waals surface area contributed by atoms with E-state index in [0.717, 1.165) is 42.9 Å². The Balaban J connectivity index is 1.40. The summed E-state index contributed by atoms with van der Waals surface area (Å²) in [5.41, 5.74) is 6.38. The molecule has 0 saturated carbocycles. The number of hydrogen-bond acceptors (Lipinski definition) is 6. The molecule has 5 rings (SSSR count). The highest BCUT2D eigenvalue weighted by molar-refractivity contribution is 5.89. The van der Waals surface area contributed by atoms with Gasteiger partial charge >= 0.3 is 0 Å². The fourth-order valence-corrected chi connectivity index (χ4v) is 4.26. The van der Waals surface area contributed by atoms with Gasteiger partial charge in [0.05, 0.1) is 11.6 Å². The van der Waals surface area contributed by atoms with Crippen LogP contribution in [0.2, 0.25) is 0 Å². The van der Waals surface area contributed by atoms with E-state index in [1.807, 2.05) is 30.3 Å². The van der Waals surface area contributed by atoms with E-state index in [1.54, 1.807) is 12.3 Å². The van der Waals surface area contributed by atoms with Crippen molar-refractivity contribution < 1.29 is 9.21 Å². The van der Waals surface area contributed by atoms with Crippen molar-refractivity contribution in [3.63, 3.8) is 0 Å². The Labute approximate surface area is 157 Å². The molecule has 0 radical (unpaired) electrons. The third kappa shape index (κ3) is 3.02. The molecule has 0 aliphatic carbocycles. The molecular weight excluding hydrogens is 342 g/mol. The average molecular weight is 365 g/mol. The van der Waals surface area contributed by atoms with Crippen LogP contribution in [0.4, 0.5) is 0 Å². The predicted octanol–water partition coefficient (Wildman–Crippen LogP) is 1.58. The van der Waals surface area contributed by atoms with Crippen molar-refractivity contribution in [3.8, 4) is 11.5 Å². The van der Waals surface area contributed by atoms with Crippen LogP contribution in [0.15, 0.2) is 52.8 Å². The Morgan fingerprint density at radius 3 is 2.78 bits per heavy atom. The SMILES string of the molecule is O=C1C=C(C2CCNCC2)N2NCC(c3coc(-c4ccccc4)n3)C2N1. The maximum Gasteiger partial charge on any atom is 0.247 e. The molecule has 3 aliphatic rings. The number of nitrogens with zero attached hydrogens (tertiary/aromatic N) is 2. The Kier molecular flexibility index (Phi) is 4.18. The standard InChI is InChI=1S/C20H23N5O2/c26-18-10-17(13-6-8-21-9-7-13)25-19(24-18)15(11-22-25)16-12-27-20(23-16)14-4-2-1-3-5-14/h1-5,10,12-13,15,19,21-22H,6-9,11H2,(H,24,26). The Bertz CT molecular complexity index is 856. The molecule has 1 aromatic carbocycles. The maximum absolute atomic E-state index is 12.4. The molecule has 27 heavy (non-hydrogen) atoms. The van der Waals surface area contributed by atoms with Crippen molar-refractivity contribution in [2.45, 2.75) is 24.9 Å². The summed E-state index contributed by atoms with van der Waals surface area (Å²) in [6.45, 7) is 2.71. The minimum atomic E-state index is -0.138. The largest absolute Gasteiger partial charge is 0.444 e. The van der Waals surface area contributed by atoms with Crippen LogP contribution >= 0.6 is 0 Å². The van der Waals surface area contributed by atoms with Gasteiger partial charge in [-0.25, -0.2) is 10.4 Å². The molecule has 4 heterocycles. The molecular formula is C20H23N5O2. The van der Waals surface area contributed by atoms with Gasteiger partial charge in [0.25, 0.3) is 0 Å². The number of fused-ring (bicyclic) bond motifs is 1. The number of amides is 1. The normalized spacial score (nSPS) is 25.9. The van der Waals surface area contributed by atoms with E-state index in [9.17, 15) is 4.79 Å². The summed E-state index contributed by atoms with van der Waals surface area (Å²) in [5.74, 6) is 1.04. The van der Waals surface area contributed by atoms with Crippen molar-refractivity contribution in [2.75, 3.05) is 19.6 Å². The van der Waals surface area contributed by atoms with Crippen LogP contribution in [0.3, 0.4) is 0 Å². The first kappa shape index (κ1) is 16.5. The number of piperidine rings is 1. The molecule has 0 bridgehead atoms. The van der Waals surface area contributed by atoms with Crippen LogP contribution in [0, 0.1) is 5.92 Å². The number of nitrogens with one attached hydrogen (secondary N) is 3. The average Bonchev–Trinajstić information content (AvgIpc) is 3.35. The monoisotopic (exact) mass is 365 g/mol. The third-order valence-corrected chi connectivity index (χ3v) is 5.67. The lowest BCUT2D eigenvalue weighted by Gasteiger charge is -2.38. The first-order valence-electron chi connectivity index (χ1n) is 9.56. The smallest absolute Gasteiger partial charge is 0.247 e. The zero-order valence-corrected chi connectivity index (χ0v) is 15.0. The van der Waals surface area contributed by atoms with Crippen molar-refractivity contribution in [2.24, 2.45) is 5.92 Å². The number of rotatable bonds is 3. The quantitative estimate of drug-likeness (QED) is 0.766. The number of carbonyl (C=O) groups excluding carboxylic acids is 1. The van der Waals surface area contributed by atoms with E-state index in [1.165, 1.54) is 0 Å². The molecule has 1 aromatic heterocycles. The highest BCUT2D eigenvalue weighted by Gasteiger charge is 2.43. The van der Waals surface area contributed by atoms with Gasteiger partial charge in [-0.2, -0.15) is 0 Å². The van der Waals surface area contributed by atoms with E-state index in [4.69, 9.17) is 9.40 Å². The summed E-state index contributed by atoms with van der Waals surface area (Å²) < 4.78 is 5.72. The summed E-state index contributed by atoms with van der Waals surface area (Å²) in [6, 6.07) is 9.87. The maximum atomic E-state index is 12.4. The first-order valence-corrected chi connectivity index (χ1v) is 9.56. The van der Waals surface area contributed by atoms with Gasteiger partial charge < -0.3 is 15.1 Å². The molecule has 2 atom stereocenters. The Morgan fingerprint density at radius 2 is 1.96 bits per heavy atom. The van der Waals surface area contributed by atoms with E-state index < -0.39 is 0 Å². The zero-order valence-electron chi connectivity index (χ0n) is 15.0. The Morgan fingerprint density at radius 1 is 1.15 bits per heavy atom. The number of allylic oxidation sites excluding steroid dienone is 1. The molecule has 2 fully saturated rings. The summed E-state index contributed by atoms with van der Waals surface area (Å²) in [7, 11) is 0. The van der Waals surface area contributed by atoms with Gasteiger partial charge in [0.2, 0.25) is 11.8 Å². The summed E-state index contributed by atoms with van der Waals surface area (Å²) in [4.78, 5) is 17.1. The van der Waals surface area contributed by atoms with Crippen molar-refractivity contribution in [1.82, 2.24) is 26.1 Å². The number of hydrogen-bond donors (Lipinski definition) is 3. The van der Waals surface area contributed by atoms with Gasteiger partial charge in [-0.1, -0.05) is 18.2 Å². The lowest BCUT2D eigenvalue weighted by molar-refractivity contribution is -0.119. The second-order valence-corrected chi connectivity index (χ2v) is 7.33. The lowest BCUT2D eigenvalue weighted by atomic mass is 9.92. The van der Waals surface area contributed by atoms with Crippen LogP contribution in [0.1, 0.15) is 24.5 Å². The van der Waals surface area contributed by atoms with Gasteiger partial charge in [-0.05, 0) is 38.1 Å². The number of carbonyl (C=O) groups is 1. The molecule has 7 heteroatoms. The van der Waals surface area contributed by atoms with Crippen molar-refractivity contribution >= 4 is 5.91 Å². The van der Waals surface area contributed by atoms with Gasteiger partial charge in [0.1, 0.15) is 12.4 Å². The number of benzene rings is 1. The van der Waals surface area contributed by atoms with Crippen LogP contribution in [0.25, 0.3) is 11.5 Å². The molecule has 1 amide bonds. The van der Waals surface area contributed by atoms with Gasteiger partial charge in [-0.15, -0.1) is 0 Å². The van der Waals surface area contributed by atoms with Gasteiger partial charge in [0, 0.05) is 29.8 Å². The van der Waals surface area contributed by atoms with Crippen LogP contribution < -0.4 is 16.1 Å². The minimum absolute atomic E-state index is 0.0229. The first-order chi connectivity index (χ1) is 13.3. The van der Waals surface area contributed by atoms with Gasteiger partial charge in [0.15, 0.2) is 0 Å². The second-order valence-electron chi connectivity index (χ2n) is 7.33. The topological polar surface area (TPSA) is 82.4 Å². The van der Waals surface area contributed by atoms with E-state index in [-0.39, 0.29) is 18.0 Å². The summed E-state index contributed by atoms with van der Waals surface area (Å²) >= 11 is 0. The highest BCUT2D eigenvalue weighted by Crippen LogP contribution is 2.35. The fraction of sp³-hybridized carbons (Fsp3) is 0.400. The third-order valence-electron chi connectivity index (χ3n) is 5.67. The molecule has 0 spiro atoms. The Hall–Kier alpha value is -2.64. The molecule has 3 N–H and O–H groups in total. The molecule has 2 unspecified atom stereocenters. The van der Waals surface area contributed by atoms with E-state index in [2.05, 4.69) is 21.1 Å². The predicted molar refractivity (Wildman–Crippen MR) is 100 cm³/mol. The summed E-state index contributed by atoms with van der Waals surface area (Å²) in [6.07, 6.45) is 5.43.